The average Bonchev–Trinajstić information content (AvgIpc) is 2.79. The standard InChI is InChI=1S/C12H13N3O4S/c1-6-5-20-12-13-4-8(10(17)15(6)12)9(16)14(3)7(2)11(18)19/h4-5,7H,1-3H3,(H,18,19). The first-order chi connectivity index (χ1) is 9.34. The molecule has 20 heavy (non-hydrogen) atoms. The molecule has 0 spiro atoms. The monoisotopic (exact) mass is 295 g/mol. The number of fused-ring (bicyclic) bond motifs is 1. The van der Waals surface area contributed by atoms with Gasteiger partial charge in [-0.05, 0) is 13.8 Å². The third kappa shape index (κ3) is 2.18. The zero-order valence-corrected chi connectivity index (χ0v) is 12.0. The Bertz CT molecular complexity index is 749. The second-order valence-electron chi connectivity index (χ2n) is 4.40. The van der Waals surface area contributed by atoms with Crippen molar-refractivity contribution in [2.24, 2.45) is 0 Å². The van der Waals surface area contributed by atoms with E-state index in [1.54, 1.807) is 12.3 Å². The Morgan fingerprint density at radius 2 is 2.15 bits per heavy atom. The SMILES string of the molecule is Cc1csc2ncc(C(=O)N(C)C(C)C(=O)O)c(=O)n12. The van der Waals surface area contributed by atoms with Crippen LogP contribution >= 0.6 is 11.3 Å². The van der Waals surface area contributed by atoms with Gasteiger partial charge in [0.2, 0.25) is 0 Å². The third-order valence-electron chi connectivity index (χ3n) is 3.11. The van der Waals surface area contributed by atoms with Crippen LogP contribution in [0.5, 0.6) is 0 Å². The highest BCUT2D eigenvalue weighted by atomic mass is 32.1. The molecule has 1 amide bonds. The Balaban J connectivity index is 2.50. The molecule has 0 aliphatic carbocycles. The quantitative estimate of drug-likeness (QED) is 0.895. The van der Waals surface area contributed by atoms with E-state index >= 15 is 0 Å². The van der Waals surface area contributed by atoms with E-state index in [2.05, 4.69) is 4.98 Å². The van der Waals surface area contributed by atoms with Gasteiger partial charge in [0.05, 0.1) is 0 Å². The highest BCUT2D eigenvalue weighted by Gasteiger charge is 2.25. The normalized spacial score (nSPS) is 12.3. The van der Waals surface area contributed by atoms with Crippen LogP contribution in [0.1, 0.15) is 23.0 Å². The van der Waals surface area contributed by atoms with Gasteiger partial charge in [0.25, 0.3) is 11.5 Å². The predicted octanol–water partition coefficient (Wildman–Crippen LogP) is 0.610. The number of carboxylic acid groups (broad SMARTS) is 1. The number of aliphatic carboxylic acids is 1. The van der Waals surface area contributed by atoms with Crippen LogP contribution in [0.4, 0.5) is 0 Å². The fourth-order valence-electron chi connectivity index (χ4n) is 1.70. The highest BCUT2D eigenvalue weighted by molar-refractivity contribution is 7.15. The second kappa shape index (κ2) is 5.04. The maximum Gasteiger partial charge on any atom is 0.326 e. The maximum atomic E-state index is 12.3. The van der Waals surface area contributed by atoms with Crippen LogP contribution in [0, 0.1) is 6.92 Å². The van der Waals surface area contributed by atoms with Gasteiger partial charge in [-0.25, -0.2) is 9.78 Å². The molecule has 1 atom stereocenters. The lowest BCUT2D eigenvalue weighted by Crippen LogP contribution is -2.42. The smallest absolute Gasteiger partial charge is 0.326 e. The van der Waals surface area contributed by atoms with Crippen LogP contribution in [-0.4, -0.2) is 44.4 Å². The van der Waals surface area contributed by atoms with Crippen LogP contribution in [0.15, 0.2) is 16.4 Å². The van der Waals surface area contributed by atoms with Crippen LogP contribution in [-0.2, 0) is 4.79 Å². The number of carbonyl (C=O) groups is 2. The summed E-state index contributed by atoms with van der Waals surface area (Å²) in [6.45, 7) is 3.12. The zero-order valence-electron chi connectivity index (χ0n) is 11.2. The summed E-state index contributed by atoms with van der Waals surface area (Å²) in [4.78, 5) is 40.9. The van der Waals surface area contributed by atoms with Crippen molar-refractivity contribution in [3.8, 4) is 0 Å². The van der Waals surface area contributed by atoms with Gasteiger partial charge in [0.1, 0.15) is 11.6 Å². The van der Waals surface area contributed by atoms with Crippen LogP contribution < -0.4 is 5.56 Å². The van der Waals surface area contributed by atoms with Crippen LogP contribution in [0.3, 0.4) is 0 Å². The second-order valence-corrected chi connectivity index (χ2v) is 5.24. The van der Waals surface area contributed by atoms with E-state index in [0.717, 1.165) is 4.90 Å². The molecule has 0 saturated carbocycles. The topological polar surface area (TPSA) is 92.0 Å². The number of aromatic nitrogens is 2. The molecule has 0 saturated heterocycles. The molecule has 106 valence electrons. The minimum absolute atomic E-state index is 0.139. The first-order valence-electron chi connectivity index (χ1n) is 5.80. The van der Waals surface area contributed by atoms with E-state index in [1.165, 1.54) is 35.9 Å². The molecule has 0 fully saturated rings. The van der Waals surface area contributed by atoms with E-state index in [1.807, 2.05) is 0 Å². The minimum Gasteiger partial charge on any atom is -0.480 e. The summed E-state index contributed by atoms with van der Waals surface area (Å²) in [5.74, 6) is -1.79. The van der Waals surface area contributed by atoms with Crippen molar-refractivity contribution >= 4 is 28.2 Å². The van der Waals surface area contributed by atoms with E-state index in [0.29, 0.717) is 10.7 Å². The third-order valence-corrected chi connectivity index (χ3v) is 4.06. The predicted molar refractivity (Wildman–Crippen MR) is 73.3 cm³/mol. The first-order valence-corrected chi connectivity index (χ1v) is 6.68. The Morgan fingerprint density at radius 3 is 2.75 bits per heavy atom. The number of aryl methyl sites for hydroxylation is 1. The largest absolute Gasteiger partial charge is 0.480 e. The van der Waals surface area contributed by atoms with Crippen molar-refractivity contribution < 1.29 is 14.7 Å². The molecule has 0 aliphatic heterocycles. The summed E-state index contributed by atoms with van der Waals surface area (Å²) < 4.78 is 1.34. The van der Waals surface area contributed by atoms with Gasteiger partial charge >= 0.3 is 5.97 Å². The molecule has 1 N–H and O–H groups in total. The minimum atomic E-state index is -1.14. The number of rotatable bonds is 3. The van der Waals surface area contributed by atoms with Crippen molar-refractivity contribution in [3.05, 3.63) is 33.2 Å². The summed E-state index contributed by atoms with van der Waals surface area (Å²) >= 11 is 1.30. The number of hydrogen-bond donors (Lipinski definition) is 1. The Morgan fingerprint density at radius 1 is 1.50 bits per heavy atom. The van der Waals surface area contributed by atoms with Crippen molar-refractivity contribution in [3.63, 3.8) is 0 Å². The lowest BCUT2D eigenvalue weighted by atomic mass is 10.2. The fourth-order valence-corrected chi connectivity index (χ4v) is 2.53. The lowest BCUT2D eigenvalue weighted by molar-refractivity contribution is -0.141. The van der Waals surface area contributed by atoms with Crippen molar-refractivity contribution in [1.82, 2.24) is 14.3 Å². The molecule has 2 heterocycles. The number of amides is 1. The van der Waals surface area contributed by atoms with Crippen LogP contribution in [0.2, 0.25) is 0 Å². The summed E-state index contributed by atoms with van der Waals surface area (Å²) in [5.41, 5.74) is 0.0638. The molecule has 0 radical (unpaired) electrons. The number of likely N-dealkylation sites (N-methyl/N-ethyl adjacent to an activating group) is 1. The summed E-state index contributed by atoms with van der Waals surface area (Å²) in [7, 11) is 1.34. The Labute approximate surface area is 118 Å². The number of hydrogen-bond acceptors (Lipinski definition) is 5. The van der Waals surface area contributed by atoms with E-state index < -0.39 is 23.5 Å². The number of thiazole rings is 1. The molecule has 8 heteroatoms. The number of carboxylic acids is 1. The van der Waals surface area contributed by atoms with Crippen molar-refractivity contribution in [1.29, 1.82) is 0 Å². The molecule has 7 nitrogen and oxygen atoms in total. The summed E-state index contributed by atoms with van der Waals surface area (Å²) in [6, 6.07) is -1.02. The Kier molecular flexibility index (Phi) is 3.58. The van der Waals surface area contributed by atoms with E-state index in [9.17, 15) is 14.4 Å². The van der Waals surface area contributed by atoms with E-state index in [4.69, 9.17) is 5.11 Å². The molecule has 2 rings (SSSR count). The first kappa shape index (κ1) is 14.2. The molecule has 2 aromatic heterocycles. The molecular formula is C12H13N3O4S. The molecule has 0 aromatic carbocycles. The van der Waals surface area contributed by atoms with Gasteiger partial charge in [-0.15, -0.1) is 11.3 Å². The van der Waals surface area contributed by atoms with Gasteiger partial charge in [0, 0.05) is 24.3 Å². The van der Waals surface area contributed by atoms with Gasteiger partial charge in [-0.1, -0.05) is 0 Å². The number of nitrogens with zero attached hydrogens (tertiary/aromatic N) is 3. The van der Waals surface area contributed by atoms with Crippen molar-refractivity contribution in [2.45, 2.75) is 19.9 Å². The lowest BCUT2D eigenvalue weighted by Gasteiger charge is -2.20. The summed E-state index contributed by atoms with van der Waals surface area (Å²) in [5, 5.41) is 10.7. The number of carbonyl (C=O) groups excluding carboxylic acids is 1. The van der Waals surface area contributed by atoms with E-state index in [-0.39, 0.29) is 5.56 Å². The molecular weight excluding hydrogens is 282 g/mol. The zero-order chi connectivity index (χ0) is 15.0. The van der Waals surface area contributed by atoms with Crippen molar-refractivity contribution in [2.75, 3.05) is 7.05 Å². The maximum absolute atomic E-state index is 12.3. The van der Waals surface area contributed by atoms with Gasteiger partial charge in [-0.2, -0.15) is 0 Å². The van der Waals surface area contributed by atoms with Crippen LogP contribution in [0.25, 0.3) is 4.96 Å². The fraction of sp³-hybridized carbons (Fsp3) is 0.333. The van der Waals surface area contributed by atoms with Gasteiger partial charge in [-0.3, -0.25) is 14.0 Å². The molecule has 0 bridgehead atoms. The van der Waals surface area contributed by atoms with Gasteiger partial charge in [0.15, 0.2) is 4.96 Å². The summed E-state index contributed by atoms with van der Waals surface area (Å²) in [6.07, 6.45) is 1.20. The molecule has 1 unspecified atom stereocenters. The molecule has 0 aliphatic rings. The molecule has 2 aromatic rings. The average molecular weight is 295 g/mol. The van der Waals surface area contributed by atoms with Gasteiger partial charge < -0.3 is 10.0 Å². The Hall–Kier alpha value is -2.22. The highest BCUT2D eigenvalue weighted by Crippen LogP contribution is 2.12.